The van der Waals surface area contributed by atoms with Gasteiger partial charge in [-0.2, -0.15) is 0 Å². The van der Waals surface area contributed by atoms with Gasteiger partial charge >= 0.3 is 0 Å². The number of hydrogen-bond acceptors (Lipinski definition) is 0. The highest BCUT2D eigenvalue weighted by Crippen LogP contribution is 2.26. The van der Waals surface area contributed by atoms with Crippen LogP contribution in [0.1, 0.15) is 52.6 Å². The van der Waals surface area contributed by atoms with Gasteiger partial charge in [-0.15, -0.1) is 0 Å². The highest BCUT2D eigenvalue weighted by atomic mass is 14.2. The molecule has 0 aliphatic heterocycles. The largest absolute Gasteiger partial charge is 0.0651 e. The SMILES string of the molecule is CCCc1ccccc1.c1ccc(Cc2ccc(CC(Cc3ccccc3)c3ccccc3)cc2)cc1. The first-order chi connectivity index (χ1) is 18.3. The summed E-state index contributed by atoms with van der Waals surface area (Å²) in [5, 5.41) is 0. The molecule has 0 nitrogen and oxygen atoms in total. The third kappa shape index (κ3) is 8.92. The predicted molar refractivity (Wildman–Crippen MR) is 159 cm³/mol. The zero-order valence-electron chi connectivity index (χ0n) is 22.0. The minimum atomic E-state index is 0.489. The molecule has 37 heavy (non-hydrogen) atoms. The molecule has 0 heteroatoms. The van der Waals surface area contributed by atoms with E-state index in [0.29, 0.717) is 5.92 Å². The second-order valence-electron chi connectivity index (χ2n) is 9.72. The first-order valence-corrected chi connectivity index (χ1v) is 13.5. The summed E-state index contributed by atoms with van der Waals surface area (Å²) in [6, 6.07) is 52.2. The molecule has 0 saturated carbocycles. The molecule has 0 aliphatic carbocycles. The van der Waals surface area contributed by atoms with E-state index >= 15 is 0 Å². The number of rotatable bonds is 9. The Kier molecular flexibility index (Phi) is 10.3. The van der Waals surface area contributed by atoms with Gasteiger partial charge in [-0.1, -0.05) is 159 Å². The molecule has 0 fully saturated rings. The highest BCUT2D eigenvalue weighted by Gasteiger charge is 2.13. The van der Waals surface area contributed by atoms with Gasteiger partial charge in [0, 0.05) is 0 Å². The lowest BCUT2D eigenvalue weighted by Gasteiger charge is -2.18. The average Bonchev–Trinajstić information content (AvgIpc) is 2.96. The van der Waals surface area contributed by atoms with E-state index in [2.05, 4.69) is 153 Å². The normalized spacial score (nSPS) is 11.3. The molecule has 5 aromatic rings. The summed E-state index contributed by atoms with van der Waals surface area (Å²) in [6.07, 6.45) is 5.57. The fourth-order valence-electron chi connectivity index (χ4n) is 4.77. The number of benzene rings is 5. The van der Waals surface area contributed by atoms with Crippen molar-refractivity contribution in [2.75, 3.05) is 0 Å². The molecule has 0 aliphatic rings. The van der Waals surface area contributed by atoms with Gasteiger partial charge < -0.3 is 0 Å². The molecule has 0 saturated heterocycles. The highest BCUT2D eigenvalue weighted by molar-refractivity contribution is 5.31. The lowest BCUT2D eigenvalue weighted by molar-refractivity contribution is 0.680. The summed E-state index contributed by atoms with van der Waals surface area (Å²) < 4.78 is 0. The van der Waals surface area contributed by atoms with Gasteiger partial charge in [0.15, 0.2) is 0 Å². The van der Waals surface area contributed by atoms with Crippen LogP contribution < -0.4 is 0 Å². The van der Waals surface area contributed by atoms with E-state index in [1.807, 2.05) is 0 Å². The molecule has 0 amide bonds. The fourth-order valence-corrected chi connectivity index (χ4v) is 4.77. The molecule has 186 valence electrons. The molecule has 0 aromatic heterocycles. The topological polar surface area (TPSA) is 0 Å². The molecular formula is C37H38. The zero-order valence-corrected chi connectivity index (χ0v) is 22.0. The summed E-state index contributed by atoms with van der Waals surface area (Å²) in [4.78, 5) is 0. The van der Waals surface area contributed by atoms with Gasteiger partial charge in [-0.25, -0.2) is 0 Å². The summed E-state index contributed by atoms with van der Waals surface area (Å²) in [6.45, 7) is 2.20. The maximum atomic E-state index is 2.30. The molecule has 0 heterocycles. The molecule has 0 radical (unpaired) electrons. The van der Waals surface area contributed by atoms with E-state index in [1.54, 1.807) is 0 Å². The van der Waals surface area contributed by atoms with Crippen LogP contribution in [-0.2, 0) is 25.7 Å². The van der Waals surface area contributed by atoms with E-state index in [9.17, 15) is 0 Å². The minimum Gasteiger partial charge on any atom is -0.0651 e. The van der Waals surface area contributed by atoms with Gasteiger partial charge in [0.1, 0.15) is 0 Å². The van der Waals surface area contributed by atoms with Crippen molar-refractivity contribution in [2.24, 2.45) is 0 Å². The Morgan fingerprint density at radius 2 is 0.784 bits per heavy atom. The van der Waals surface area contributed by atoms with Gasteiger partial charge in [0.2, 0.25) is 0 Å². The first kappa shape index (κ1) is 26.2. The van der Waals surface area contributed by atoms with Crippen LogP contribution >= 0.6 is 0 Å². The van der Waals surface area contributed by atoms with Crippen molar-refractivity contribution in [2.45, 2.75) is 44.9 Å². The van der Waals surface area contributed by atoms with Crippen LogP contribution in [0.5, 0.6) is 0 Å². The molecule has 0 bridgehead atoms. The van der Waals surface area contributed by atoms with Crippen molar-refractivity contribution < 1.29 is 0 Å². The van der Waals surface area contributed by atoms with Crippen molar-refractivity contribution >= 4 is 0 Å². The van der Waals surface area contributed by atoms with Crippen molar-refractivity contribution in [3.63, 3.8) is 0 Å². The molecular weight excluding hydrogens is 444 g/mol. The van der Waals surface area contributed by atoms with E-state index < -0.39 is 0 Å². The Labute approximate surface area is 223 Å². The van der Waals surface area contributed by atoms with Crippen molar-refractivity contribution in [1.82, 2.24) is 0 Å². The van der Waals surface area contributed by atoms with E-state index in [4.69, 9.17) is 0 Å². The van der Waals surface area contributed by atoms with Crippen LogP contribution in [0.2, 0.25) is 0 Å². The van der Waals surface area contributed by atoms with Crippen LogP contribution in [0.25, 0.3) is 0 Å². The first-order valence-electron chi connectivity index (χ1n) is 13.5. The Balaban J connectivity index is 0.000000301. The number of hydrogen-bond donors (Lipinski definition) is 0. The molecule has 5 rings (SSSR count). The standard InChI is InChI=1S/C28H26.C9H12/c1-4-10-23(11-5-1)20-25-16-18-26(19-17-25)22-28(27-14-8-3-9-15-27)21-24-12-6-2-7-13-24;1-2-6-9-7-4-3-5-8-9/h1-19,28H,20-22H2;3-5,7-8H,2,6H2,1H3. The summed E-state index contributed by atoms with van der Waals surface area (Å²) in [7, 11) is 0. The van der Waals surface area contributed by atoms with Gasteiger partial charge in [0.25, 0.3) is 0 Å². The van der Waals surface area contributed by atoms with Gasteiger partial charge in [0.05, 0.1) is 0 Å². The van der Waals surface area contributed by atoms with E-state index in [-0.39, 0.29) is 0 Å². The molecule has 0 N–H and O–H groups in total. The van der Waals surface area contributed by atoms with Crippen molar-refractivity contribution in [1.29, 1.82) is 0 Å². The smallest absolute Gasteiger partial charge is 0.00258 e. The average molecular weight is 483 g/mol. The summed E-state index contributed by atoms with van der Waals surface area (Å²) in [5.74, 6) is 0.489. The number of aryl methyl sites for hydroxylation is 1. The maximum Gasteiger partial charge on any atom is -0.00258 e. The van der Waals surface area contributed by atoms with E-state index in [0.717, 1.165) is 19.3 Å². The lowest BCUT2D eigenvalue weighted by Crippen LogP contribution is -2.07. The molecule has 1 atom stereocenters. The summed E-state index contributed by atoms with van der Waals surface area (Å²) >= 11 is 0. The zero-order chi connectivity index (χ0) is 25.5. The predicted octanol–water partition coefficient (Wildman–Crippen LogP) is 9.49. The van der Waals surface area contributed by atoms with Crippen LogP contribution in [0, 0.1) is 0 Å². The third-order valence-corrected chi connectivity index (χ3v) is 6.73. The summed E-state index contributed by atoms with van der Waals surface area (Å²) in [5.41, 5.74) is 8.40. The van der Waals surface area contributed by atoms with Crippen LogP contribution in [0.3, 0.4) is 0 Å². The Morgan fingerprint density at radius 1 is 0.405 bits per heavy atom. The third-order valence-electron chi connectivity index (χ3n) is 6.73. The second kappa shape index (κ2) is 14.6. The molecule has 5 aromatic carbocycles. The lowest BCUT2D eigenvalue weighted by atomic mass is 9.86. The van der Waals surface area contributed by atoms with Crippen LogP contribution in [0.15, 0.2) is 146 Å². The van der Waals surface area contributed by atoms with Gasteiger partial charge in [-0.3, -0.25) is 0 Å². The van der Waals surface area contributed by atoms with Crippen molar-refractivity contribution in [3.8, 4) is 0 Å². The fraction of sp³-hybridized carbons (Fsp3) is 0.189. The Bertz CT molecular complexity index is 1260. The van der Waals surface area contributed by atoms with Gasteiger partial charge in [-0.05, 0) is 65.0 Å². The van der Waals surface area contributed by atoms with Crippen LogP contribution in [-0.4, -0.2) is 0 Å². The van der Waals surface area contributed by atoms with Crippen LogP contribution in [0.4, 0.5) is 0 Å². The van der Waals surface area contributed by atoms with Crippen molar-refractivity contribution in [3.05, 3.63) is 179 Å². The monoisotopic (exact) mass is 482 g/mol. The second-order valence-corrected chi connectivity index (χ2v) is 9.72. The minimum absolute atomic E-state index is 0.489. The molecule has 0 spiro atoms. The van der Waals surface area contributed by atoms with E-state index in [1.165, 1.54) is 46.2 Å². The Morgan fingerprint density at radius 3 is 1.30 bits per heavy atom. The quantitative estimate of drug-likeness (QED) is 0.196. The molecule has 1 unspecified atom stereocenters. The Hall–Kier alpha value is -3.90. The maximum absolute atomic E-state index is 2.30.